The Morgan fingerprint density at radius 2 is 1.91 bits per heavy atom. The van der Waals surface area contributed by atoms with Gasteiger partial charge in [0.05, 0.1) is 25.6 Å². The second kappa shape index (κ2) is 6.50. The molecule has 1 aliphatic heterocycles. The zero-order valence-corrected chi connectivity index (χ0v) is 12.7. The lowest BCUT2D eigenvalue weighted by molar-refractivity contribution is -0.121. The summed E-state index contributed by atoms with van der Waals surface area (Å²) in [6.07, 6.45) is 0. The van der Waals surface area contributed by atoms with Crippen LogP contribution in [-0.2, 0) is 10.5 Å². The van der Waals surface area contributed by atoms with E-state index in [2.05, 4.69) is 10.1 Å². The van der Waals surface area contributed by atoms with Gasteiger partial charge >= 0.3 is 0 Å². The van der Waals surface area contributed by atoms with Crippen LogP contribution in [0.15, 0.2) is 16.7 Å². The molecule has 2 aromatic rings. The van der Waals surface area contributed by atoms with Gasteiger partial charge < -0.3 is 14.4 Å². The minimum absolute atomic E-state index is 0.000575. The average Bonchev–Trinajstić information content (AvgIpc) is 2.96. The molecule has 3 rings (SSSR count). The number of hydrogen-bond acceptors (Lipinski definition) is 6. The summed E-state index contributed by atoms with van der Waals surface area (Å²) in [6.45, 7) is 1.07. The van der Waals surface area contributed by atoms with Crippen molar-refractivity contribution in [3.05, 3.63) is 35.5 Å². The van der Waals surface area contributed by atoms with Crippen LogP contribution in [-0.4, -0.2) is 40.8 Å². The molecule has 1 saturated heterocycles. The molecule has 0 unspecified atom stereocenters. The number of hydrogen-bond donors (Lipinski definition) is 1. The van der Waals surface area contributed by atoms with Crippen molar-refractivity contribution in [2.45, 2.75) is 5.75 Å². The molecular weight excluding hydrogens is 333 g/mol. The molecule has 0 amide bonds. The van der Waals surface area contributed by atoms with Crippen LogP contribution < -0.4 is 0 Å². The van der Waals surface area contributed by atoms with E-state index < -0.39 is 17.5 Å². The highest BCUT2D eigenvalue weighted by atomic mass is 32.2. The van der Waals surface area contributed by atoms with E-state index in [1.165, 1.54) is 11.8 Å². The first-order valence-electron chi connectivity index (χ1n) is 6.77. The highest BCUT2D eigenvalue weighted by Crippen LogP contribution is 2.32. The van der Waals surface area contributed by atoms with E-state index in [1.54, 1.807) is 0 Å². The fourth-order valence-corrected chi connectivity index (χ4v) is 3.17. The molecular formula is C14H13F3N2O3S. The van der Waals surface area contributed by atoms with Crippen molar-refractivity contribution < 1.29 is 27.5 Å². The molecule has 5 nitrogen and oxygen atoms in total. The van der Waals surface area contributed by atoms with E-state index in [0.29, 0.717) is 24.7 Å². The van der Waals surface area contributed by atoms with Gasteiger partial charge in [0.1, 0.15) is 0 Å². The van der Waals surface area contributed by atoms with E-state index in [9.17, 15) is 18.3 Å². The second-order valence-electron chi connectivity index (χ2n) is 5.41. The third kappa shape index (κ3) is 3.36. The number of aliphatic hydroxyl groups excluding tert-OH is 1. The summed E-state index contributed by atoms with van der Waals surface area (Å²) in [5.74, 6) is -2.83. The normalized spacial score (nSPS) is 16.3. The van der Waals surface area contributed by atoms with Crippen molar-refractivity contribution in [1.29, 1.82) is 0 Å². The van der Waals surface area contributed by atoms with Crippen LogP contribution in [0.4, 0.5) is 13.2 Å². The molecule has 0 aliphatic carbocycles. The van der Waals surface area contributed by atoms with E-state index in [-0.39, 0.29) is 29.3 Å². The molecule has 0 saturated carbocycles. The summed E-state index contributed by atoms with van der Waals surface area (Å²) in [6, 6.07) is 1.62. The van der Waals surface area contributed by atoms with Gasteiger partial charge in [-0.2, -0.15) is 16.7 Å². The first-order chi connectivity index (χ1) is 11.0. The Kier molecular flexibility index (Phi) is 4.60. The fraction of sp³-hybridized carbons (Fsp3) is 0.429. The van der Waals surface area contributed by atoms with Crippen molar-refractivity contribution in [3.8, 4) is 11.4 Å². The van der Waals surface area contributed by atoms with Crippen molar-refractivity contribution >= 4 is 11.8 Å². The van der Waals surface area contributed by atoms with Crippen molar-refractivity contribution in [2.75, 3.05) is 25.6 Å². The Balaban J connectivity index is 1.64. The molecule has 9 heteroatoms. The van der Waals surface area contributed by atoms with Crippen molar-refractivity contribution in [1.82, 2.24) is 10.1 Å². The maximum atomic E-state index is 13.2. The first-order valence-corrected chi connectivity index (χ1v) is 7.92. The number of benzene rings is 1. The molecule has 0 radical (unpaired) electrons. The molecule has 1 fully saturated rings. The molecule has 1 aliphatic rings. The topological polar surface area (TPSA) is 68.4 Å². The van der Waals surface area contributed by atoms with Gasteiger partial charge in [-0.05, 0) is 12.1 Å². The van der Waals surface area contributed by atoms with Gasteiger partial charge in [0.15, 0.2) is 17.5 Å². The minimum Gasteiger partial charge on any atom is -0.396 e. The number of nitrogens with zero attached hydrogens (tertiary/aromatic N) is 2. The largest absolute Gasteiger partial charge is 0.396 e. The Labute approximate surface area is 133 Å². The smallest absolute Gasteiger partial charge is 0.236 e. The average molecular weight is 346 g/mol. The van der Waals surface area contributed by atoms with Gasteiger partial charge in [0.2, 0.25) is 11.7 Å². The highest BCUT2D eigenvalue weighted by Gasteiger charge is 2.37. The zero-order valence-electron chi connectivity index (χ0n) is 11.9. The third-order valence-corrected chi connectivity index (χ3v) is 4.76. The molecule has 1 aromatic heterocycles. The summed E-state index contributed by atoms with van der Waals surface area (Å²) in [5, 5.41) is 13.0. The number of rotatable bonds is 6. The number of aromatic nitrogens is 2. The summed E-state index contributed by atoms with van der Waals surface area (Å²) < 4.78 is 49.5. The minimum atomic E-state index is -1.54. The van der Waals surface area contributed by atoms with Crippen LogP contribution in [0.5, 0.6) is 0 Å². The fourth-order valence-electron chi connectivity index (χ4n) is 2.08. The maximum Gasteiger partial charge on any atom is 0.236 e. The molecule has 2 heterocycles. The van der Waals surface area contributed by atoms with Gasteiger partial charge in [0.25, 0.3) is 0 Å². The van der Waals surface area contributed by atoms with E-state index in [4.69, 9.17) is 9.26 Å². The molecule has 23 heavy (non-hydrogen) atoms. The van der Waals surface area contributed by atoms with E-state index >= 15 is 0 Å². The van der Waals surface area contributed by atoms with Gasteiger partial charge in [0, 0.05) is 16.7 Å². The molecule has 1 N–H and O–H groups in total. The quantitative estimate of drug-likeness (QED) is 0.810. The predicted molar refractivity (Wildman–Crippen MR) is 76.1 cm³/mol. The molecule has 124 valence electrons. The van der Waals surface area contributed by atoms with Crippen LogP contribution >= 0.6 is 11.8 Å². The summed E-state index contributed by atoms with van der Waals surface area (Å²) in [4.78, 5) is 4.03. The monoisotopic (exact) mass is 346 g/mol. The van der Waals surface area contributed by atoms with Crippen LogP contribution in [0, 0.1) is 22.9 Å². The summed E-state index contributed by atoms with van der Waals surface area (Å²) >= 11 is 1.49. The Hall–Kier alpha value is -1.58. The van der Waals surface area contributed by atoms with Crippen LogP contribution in [0.2, 0.25) is 0 Å². The third-order valence-electron chi connectivity index (χ3n) is 3.50. The molecule has 1 aromatic carbocycles. The predicted octanol–water partition coefficient (Wildman–Crippen LogP) is 2.40. The number of ether oxygens (including phenoxy) is 1. The molecule has 0 spiro atoms. The first kappa shape index (κ1) is 16.3. The lowest BCUT2D eigenvalue weighted by Gasteiger charge is -2.39. The highest BCUT2D eigenvalue weighted by molar-refractivity contribution is 7.98. The van der Waals surface area contributed by atoms with Gasteiger partial charge in [-0.3, -0.25) is 0 Å². The van der Waals surface area contributed by atoms with Crippen molar-refractivity contribution in [3.63, 3.8) is 0 Å². The zero-order chi connectivity index (χ0) is 16.4. The number of aliphatic hydroxyl groups is 1. The van der Waals surface area contributed by atoms with Gasteiger partial charge in [-0.1, -0.05) is 5.16 Å². The van der Waals surface area contributed by atoms with E-state index in [0.717, 1.165) is 12.1 Å². The Bertz CT molecular complexity index is 678. The second-order valence-corrected chi connectivity index (χ2v) is 6.39. The van der Waals surface area contributed by atoms with Crippen LogP contribution in [0.3, 0.4) is 0 Å². The van der Waals surface area contributed by atoms with Gasteiger partial charge in [-0.25, -0.2) is 13.2 Å². The van der Waals surface area contributed by atoms with Crippen LogP contribution in [0.25, 0.3) is 11.4 Å². The summed E-state index contributed by atoms with van der Waals surface area (Å²) in [7, 11) is 0. The number of thioether (sulfide) groups is 1. The van der Waals surface area contributed by atoms with E-state index in [1.807, 2.05) is 0 Å². The van der Waals surface area contributed by atoms with Crippen molar-refractivity contribution in [2.24, 2.45) is 5.41 Å². The standard InChI is InChI=1S/C14H13F3N2O3S/c15-9-1-8(2-10(16)12(9)17)13-18-11(22-19-13)3-23-7-14(4-20)5-21-6-14/h1-2,20H,3-7H2. The number of halogens is 3. The Morgan fingerprint density at radius 3 is 2.48 bits per heavy atom. The lowest BCUT2D eigenvalue weighted by Crippen LogP contribution is -2.47. The molecule has 0 bridgehead atoms. The Morgan fingerprint density at radius 1 is 1.22 bits per heavy atom. The maximum absolute atomic E-state index is 13.2. The SMILES string of the molecule is OCC1(CSCc2nc(-c3cc(F)c(F)c(F)c3)no2)COC1. The molecule has 0 atom stereocenters. The summed E-state index contributed by atoms with van der Waals surface area (Å²) in [5.41, 5.74) is -0.225. The van der Waals surface area contributed by atoms with Gasteiger partial charge in [-0.15, -0.1) is 0 Å². The van der Waals surface area contributed by atoms with Crippen LogP contribution in [0.1, 0.15) is 5.89 Å². The lowest BCUT2D eigenvalue weighted by atomic mass is 9.90.